The molecule has 0 aliphatic rings. The summed E-state index contributed by atoms with van der Waals surface area (Å²) in [5, 5.41) is 8.13. The zero-order valence-electron chi connectivity index (χ0n) is 14.7. The lowest BCUT2D eigenvalue weighted by atomic mass is 10.3. The highest BCUT2D eigenvalue weighted by molar-refractivity contribution is 9.10. The first kappa shape index (κ1) is 19.8. The lowest BCUT2D eigenvalue weighted by molar-refractivity contribution is -0.116. The number of anilines is 2. The smallest absolute Gasteiger partial charge is 0.319 e. The molecule has 0 atom stereocenters. The molecule has 2 aromatic rings. The van der Waals surface area contributed by atoms with Gasteiger partial charge in [0, 0.05) is 28.8 Å². The minimum absolute atomic E-state index is 0.102. The Morgan fingerprint density at radius 3 is 2.15 bits per heavy atom. The van der Waals surface area contributed by atoms with Crippen LogP contribution in [-0.4, -0.2) is 24.6 Å². The lowest BCUT2D eigenvalue weighted by Crippen LogP contribution is -2.31. The molecule has 138 valence electrons. The van der Waals surface area contributed by atoms with Gasteiger partial charge in [-0.15, -0.1) is 0 Å². The maximum Gasteiger partial charge on any atom is 0.319 e. The summed E-state index contributed by atoms with van der Waals surface area (Å²) in [6.07, 6.45) is 0.280. The first-order chi connectivity index (χ1) is 12.4. The molecule has 0 aliphatic carbocycles. The minimum Gasteiger partial charge on any atom is -0.491 e. The van der Waals surface area contributed by atoms with Crippen molar-refractivity contribution in [2.45, 2.75) is 26.4 Å². The largest absolute Gasteiger partial charge is 0.491 e. The van der Waals surface area contributed by atoms with Crippen LogP contribution in [0.3, 0.4) is 0 Å². The van der Waals surface area contributed by atoms with E-state index >= 15 is 0 Å². The molecule has 0 saturated heterocycles. The first-order valence-electron chi connectivity index (χ1n) is 8.29. The molecule has 0 aliphatic heterocycles. The van der Waals surface area contributed by atoms with Crippen molar-refractivity contribution in [3.8, 4) is 5.75 Å². The van der Waals surface area contributed by atoms with Crippen molar-refractivity contribution >= 4 is 39.2 Å². The summed E-state index contributed by atoms with van der Waals surface area (Å²) in [5.41, 5.74) is 1.37. The topological polar surface area (TPSA) is 79.5 Å². The standard InChI is InChI=1S/C19H22BrN3O3/c1-13(2)26-17-9-7-15(8-10-17)22-18(24)11-12-21-19(25)23-16-5-3-14(20)4-6-16/h3-10,13H,11-12H2,1-2H3,(H,22,24)(H2,21,23,25). The number of carbonyl (C=O) groups is 2. The van der Waals surface area contributed by atoms with E-state index in [-0.39, 0.29) is 31.0 Å². The van der Waals surface area contributed by atoms with E-state index in [9.17, 15) is 9.59 Å². The van der Waals surface area contributed by atoms with E-state index in [4.69, 9.17) is 4.74 Å². The number of carbonyl (C=O) groups excluding carboxylic acids is 2. The third kappa shape index (κ3) is 7.14. The van der Waals surface area contributed by atoms with Crippen LogP contribution in [0.25, 0.3) is 0 Å². The third-order valence-electron chi connectivity index (χ3n) is 3.25. The van der Waals surface area contributed by atoms with Crippen molar-refractivity contribution in [3.05, 3.63) is 53.0 Å². The molecule has 2 aromatic carbocycles. The zero-order valence-corrected chi connectivity index (χ0v) is 16.3. The van der Waals surface area contributed by atoms with Crippen molar-refractivity contribution in [1.82, 2.24) is 5.32 Å². The lowest BCUT2D eigenvalue weighted by Gasteiger charge is -2.11. The number of ether oxygens (including phenoxy) is 1. The van der Waals surface area contributed by atoms with Crippen molar-refractivity contribution in [2.75, 3.05) is 17.2 Å². The molecule has 3 N–H and O–H groups in total. The Morgan fingerprint density at radius 1 is 0.962 bits per heavy atom. The number of hydrogen-bond donors (Lipinski definition) is 3. The van der Waals surface area contributed by atoms with Gasteiger partial charge in [0.1, 0.15) is 5.75 Å². The van der Waals surface area contributed by atoms with Gasteiger partial charge in [-0.2, -0.15) is 0 Å². The Bertz CT molecular complexity index is 731. The highest BCUT2D eigenvalue weighted by Gasteiger charge is 2.06. The van der Waals surface area contributed by atoms with Crippen LogP contribution in [-0.2, 0) is 4.79 Å². The average Bonchev–Trinajstić information content (AvgIpc) is 2.58. The molecule has 26 heavy (non-hydrogen) atoms. The highest BCUT2D eigenvalue weighted by atomic mass is 79.9. The number of benzene rings is 2. The maximum absolute atomic E-state index is 11.9. The van der Waals surface area contributed by atoms with Gasteiger partial charge >= 0.3 is 6.03 Å². The van der Waals surface area contributed by atoms with E-state index in [0.717, 1.165) is 10.2 Å². The van der Waals surface area contributed by atoms with Crippen LogP contribution in [0.4, 0.5) is 16.2 Å². The van der Waals surface area contributed by atoms with Gasteiger partial charge in [0.05, 0.1) is 6.10 Å². The summed E-state index contributed by atoms with van der Waals surface area (Å²) in [5.74, 6) is 0.579. The second kappa shape index (κ2) is 9.82. The predicted octanol–water partition coefficient (Wildman–Crippen LogP) is 4.39. The molecule has 0 unspecified atom stereocenters. The molecule has 0 radical (unpaired) electrons. The van der Waals surface area contributed by atoms with Gasteiger partial charge in [0.2, 0.25) is 5.91 Å². The Morgan fingerprint density at radius 2 is 1.54 bits per heavy atom. The Hall–Kier alpha value is -2.54. The number of halogens is 1. The van der Waals surface area contributed by atoms with E-state index in [1.807, 2.05) is 26.0 Å². The highest BCUT2D eigenvalue weighted by Crippen LogP contribution is 2.17. The molecular formula is C19H22BrN3O3. The summed E-state index contributed by atoms with van der Waals surface area (Å²) in [4.78, 5) is 23.7. The average molecular weight is 420 g/mol. The number of hydrogen-bond acceptors (Lipinski definition) is 3. The number of amides is 3. The summed E-state index contributed by atoms with van der Waals surface area (Å²) in [7, 11) is 0. The van der Waals surface area contributed by atoms with Crippen LogP contribution < -0.4 is 20.7 Å². The fraction of sp³-hybridized carbons (Fsp3) is 0.263. The molecule has 0 spiro atoms. The summed E-state index contributed by atoms with van der Waals surface area (Å²) in [6, 6.07) is 14.0. The zero-order chi connectivity index (χ0) is 18.9. The molecule has 7 heteroatoms. The minimum atomic E-state index is -0.352. The van der Waals surface area contributed by atoms with E-state index < -0.39 is 0 Å². The summed E-state index contributed by atoms with van der Waals surface area (Å²) < 4.78 is 6.49. The molecule has 0 aromatic heterocycles. The van der Waals surface area contributed by atoms with Gasteiger partial charge in [-0.05, 0) is 62.4 Å². The van der Waals surface area contributed by atoms with Crippen LogP contribution in [0.2, 0.25) is 0 Å². The van der Waals surface area contributed by atoms with Gasteiger partial charge in [0.15, 0.2) is 0 Å². The molecule has 0 heterocycles. The number of nitrogens with one attached hydrogen (secondary N) is 3. The van der Waals surface area contributed by atoms with Crippen LogP contribution in [0, 0.1) is 0 Å². The normalized spacial score (nSPS) is 10.3. The van der Waals surface area contributed by atoms with Gasteiger partial charge in [-0.25, -0.2) is 4.79 Å². The fourth-order valence-corrected chi connectivity index (χ4v) is 2.37. The Kier molecular flexibility index (Phi) is 7.47. The Labute approximate surface area is 161 Å². The van der Waals surface area contributed by atoms with Crippen LogP contribution in [0.1, 0.15) is 20.3 Å². The van der Waals surface area contributed by atoms with E-state index in [0.29, 0.717) is 11.4 Å². The first-order valence-corrected chi connectivity index (χ1v) is 9.08. The molecule has 6 nitrogen and oxygen atoms in total. The maximum atomic E-state index is 11.9. The van der Waals surface area contributed by atoms with Crippen molar-refractivity contribution in [1.29, 1.82) is 0 Å². The van der Waals surface area contributed by atoms with Gasteiger partial charge in [-0.3, -0.25) is 4.79 Å². The number of urea groups is 1. The number of rotatable bonds is 7. The second-order valence-corrected chi connectivity index (χ2v) is 6.79. The molecular weight excluding hydrogens is 398 g/mol. The quantitative estimate of drug-likeness (QED) is 0.622. The van der Waals surface area contributed by atoms with Crippen molar-refractivity contribution < 1.29 is 14.3 Å². The van der Waals surface area contributed by atoms with Gasteiger partial charge in [0.25, 0.3) is 0 Å². The second-order valence-electron chi connectivity index (χ2n) is 5.88. The van der Waals surface area contributed by atoms with Gasteiger partial charge in [-0.1, -0.05) is 15.9 Å². The molecule has 0 bridgehead atoms. The molecule has 2 rings (SSSR count). The molecule has 0 saturated carbocycles. The summed E-state index contributed by atoms with van der Waals surface area (Å²) >= 11 is 3.33. The SMILES string of the molecule is CC(C)Oc1ccc(NC(=O)CCNC(=O)Nc2ccc(Br)cc2)cc1. The fourth-order valence-electron chi connectivity index (χ4n) is 2.11. The van der Waals surface area contributed by atoms with Crippen molar-refractivity contribution in [3.63, 3.8) is 0 Å². The monoisotopic (exact) mass is 419 g/mol. The van der Waals surface area contributed by atoms with Crippen LogP contribution in [0.5, 0.6) is 5.75 Å². The van der Waals surface area contributed by atoms with Crippen LogP contribution >= 0.6 is 15.9 Å². The predicted molar refractivity (Wildman–Crippen MR) is 107 cm³/mol. The van der Waals surface area contributed by atoms with Crippen LogP contribution in [0.15, 0.2) is 53.0 Å². The van der Waals surface area contributed by atoms with E-state index in [1.165, 1.54) is 0 Å². The Balaban J connectivity index is 1.69. The van der Waals surface area contributed by atoms with Crippen molar-refractivity contribution in [2.24, 2.45) is 0 Å². The third-order valence-corrected chi connectivity index (χ3v) is 3.78. The van der Waals surface area contributed by atoms with Gasteiger partial charge < -0.3 is 20.7 Å². The van der Waals surface area contributed by atoms with E-state index in [2.05, 4.69) is 31.9 Å². The molecule has 3 amide bonds. The molecule has 0 fully saturated rings. The summed E-state index contributed by atoms with van der Waals surface area (Å²) in [6.45, 7) is 4.15. The van der Waals surface area contributed by atoms with E-state index in [1.54, 1.807) is 36.4 Å².